The first-order chi connectivity index (χ1) is 13.4. The first-order valence-electron chi connectivity index (χ1n) is 8.71. The summed E-state index contributed by atoms with van der Waals surface area (Å²) in [5, 5.41) is 2.65. The Bertz CT molecular complexity index is 976. The molecule has 0 spiro atoms. The van der Waals surface area contributed by atoms with E-state index in [-0.39, 0.29) is 54.7 Å². The Morgan fingerprint density at radius 1 is 1.11 bits per heavy atom. The fourth-order valence-electron chi connectivity index (χ4n) is 2.81. The van der Waals surface area contributed by atoms with Crippen LogP contribution in [-0.4, -0.2) is 44.2 Å². The molecule has 2 aromatic carbocycles. The molecule has 0 aromatic heterocycles. The maximum atomic E-state index is 12.8. The Labute approximate surface area is 162 Å². The van der Waals surface area contributed by atoms with Crippen LogP contribution < -0.4 is 10.1 Å². The molecule has 148 valence electrons. The van der Waals surface area contributed by atoms with E-state index in [0.717, 1.165) is 4.31 Å². The van der Waals surface area contributed by atoms with Crippen LogP contribution >= 0.6 is 0 Å². The monoisotopic (exact) mass is 406 g/mol. The molecule has 0 saturated carbocycles. The van der Waals surface area contributed by atoms with Gasteiger partial charge in [-0.05, 0) is 42.8 Å². The van der Waals surface area contributed by atoms with Crippen LogP contribution in [0.1, 0.15) is 23.2 Å². The molecule has 3 rings (SSSR count). The summed E-state index contributed by atoms with van der Waals surface area (Å²) in [6.45, 7) is 0.406. The molecule has 1 aliphatic heterocycles. The summed E-state index contributed by atoms with van der Waals surface area (Å²) in [6.07, 6.45) is 0.288. The predicted octanol–water partition coefficient (Wildman–Crippen LogP) is 1.95. The molecule has 1 aliphatic rings. The minimum absolute atomic E-state index is 0.00222. The van der Waals surface area contributed by atoms with E-state index in [9.17, 15) is 22.4 Å². The van der Waals surface area contributed by atoms with E-state index >= 15 is 0 Å². The lowest BCUT2D eigenvalue weighted by Crippen LogP contribution is -2.33. The van der Waals surface area contributed by atoms with Gasteiger partial charge in [-0.1, -0.05) is 12.1 Å². The summed E-state index contributed by atoms with van der Waals surface area (Å²) in [5.74, 6) is -0.705. The third kappa shape index (κ3) is 4.30. The smallest absolute Gasteiger partial charge is 0.269 e. The third-order valence-electron chi connectivity index (χ3n) is 4.18. The first kappa shape index (κ1) is 19.8. The number of hydrogen-bond donors (Lipinski definition) is 1. The molecular weight excluding hydrogens is 387 g/mol. The number of halogens is 1. The molecule has 2 amide bonds. The van der Waals surface area contributed by atoms with Gasteiger partial charge in [-0.25, -0.2) is 17.1 Å². The van der Waals surface area contributed by atoms with Crippen molar-refractivity contribution in [2.45, 2.75) is 17.7 Å². The molecule has 1 heterocycles. The number of hydrogen-bond acceptors (Lipinski definition) is 5. The van der Waals surface area contributed by atoms with Crippen molar-refractivity contribution in [3.63, 3.8) is 0 Å². The molecule has 0 fully saturated rings. The number of amides is 2. The van der Waals surface area contributed by atoms with E-state index in [1.807, 2.05) is 0 Å². The van der Waals surface area contributed by atoms with Crippen LogP contribution in [0.5, 0.6) is 5.75 Å². The SMILES string of the molecule is O=C(CCCN1C(=O)c2ccccc2S1(=O)=O)NCCOc1ccc(F)cc1. The largest absolute Gasteiger partial charge is 0.492 e. The van der Waals surface area contributed by atoms with Crippen molar-refractivity contribution >= 4 is 21.8 Å². The normalized spacial score (nSPS) is 14.6. The number of sulfonamides is 1. The van der Waals surface area contributed by atoms with Gasteiger partial charge in [0.05, 0.1) is 12.1 Å². The molecule has 0 bridgehead atoms. The first-order valence-corrected chi connectivity index (χ1v) is 10.1. The number of carbonyl (C=O) groups is 2. The van der Waals surface area contributed by atoms with Gasteiger partial charge in [0.25, 0.3) is 15.9 Å². The summed E-state index contributed by atoms with van der Waals surface area (Å²) < 4.78 is 43.8. The lowest BCUT2D eigenvalue weighted by atomic mass is 10.2. The second-order valence-electron chi connectivity index (χ2n) is 6.13. The van der Waals surface area contributed by atoms with Gasteiger partial charge in [-0.2, -0.15) is 0 Å². The van der Waals surface area contributed by atoms with E-state index in [2.05, 4.69) is 5.32 Å². The molecule has 7 nitrogen and oxygen atoms in total. The zero-order chi connectivity index (χ0) is 20.1. The number of fused-ring (bicyclic) bond motifs is 1. The van der Waals surface area contributed by atoms with Gasteiger partial charge in [0.2, 0.25) is 5.91 Å². The van der Waals surface area contributed by atoms with Gasteiger partial charge in [0.15, 0.2) is 0 Å². The molecule has 2 aromatic rings. The van der Waals surface area contributed by atoms with Crippen molar-refractivity contribution in [3.8, 4) is 5.75 Å². The molecule has 0 saturated heterocycles. The van der Waals surface area contributed by atoms with Crippen LogP contribution in [0.4, 0.5) is 4.39 Å². The molecule has 0 radical (unpaired) electrons. The van der Waals surface area contributed by atoms with Gasteiger partial charge in [0.1, 0.15) is 23.1 Å². The minimum atomic E-state index is -3.84. The molecule has 0 atom stereocenters. The van der Waals surface area contributed by atoms with Crippen LogP contribution in [0.3, 0.4) is 0 Å². The second-order valence-corrected chi connectivity index (χ2v) is 7.97. The van der Waals surface area contributed by atoms with Crippen LogP contribution in [0, 0.1) is 5.82 Å². The highest BCUT2D eigenvalue weighted by Gasteiger charge is 2.40. The molecule has 9 heteroatoms. The van der Waals surface area contributed by atoms with E-state index in [1.165, 1.54) is 36.4 Å². The molecule has 0 unspecified atom stereocenters. The lowest BCUT2D eigenvalue weighted by molar-refractivity contribution is -0.121. The zero-order valence-electron chi connectivity index (χ0n) is 14.9. The fraction of sp³-hybridized carbons (Fsp3) is 0.263. The average molecular weight is 406 g/mol. The van der Waals surface area contributed by atoms with Gasteiger partial charge < -0.3 is 10.1 Å². The highest BCUT2D eigenvalue weighted by atomic mass is 32.2. The average Bonchev–Trinajstić information content (AvgIpc) is 2.87. The Hall–Kier alpha value is -2.94. The zero-order valence-corrected chi connectivity index (χ0v) is 15.7. The Kier molecular flexibility index (Phi) is 5.93. The van der Waals surface area contributed by atoms with Gasteiger partial charge in [0, 0.05) is 13.0 Å². The topological polar surface area (TPSA) is 92.8 Å². The predicted molar refractivity (Wildman–Crippen MR) is 98.8 cm³/mol. The van der Waals surface area contributed by atoms with Gasteiger partial charge in [-0.15, -0.1) is 0 Å². The van der Waals surface area contributed by atoms with Crippen LogP contribution in [0.15, 0.2) is 53.4 Å². The Morgan fingerprint density at radius 3 is 2.54 bits per heavy atom. The van der Waals surface area contributed by atoms with Crippen molar-refractivity contribution in [2.24, 2.45) is 0 Å². The molecule has 0 aliphatic carbocycles. The van der Waals surface area contributed by atoms with Crippen molar-refractivity contribution in [2.75, 3.05) is 19.7 Å². The van der Waals surface area contributed by atoms with Crippen molar-refractivity contribution in [3.05, 3.63) is 59.9 Å². The highest BCUT2D eigenvalue weighted by molar-refractivity contribution is 7.90. The maximum absolute atomic E-state index is 12.8. The highest BCUT2D eigenvalue weighted by Crippen LogP contribution is 2.29. The second kappa shape index (κ2) is 8.39. The van der Waals surface area contributed by atoms with E-state index in [1.54, 1.807) is 12.1 Å². The van der Waals surface area contributed by atoms with E-state index in [0.29, 0.717) is 5.75 Å². The third-order valence-corrected chi connectivity index (χ3v) is 6.02. The number of ether oxygens (including phenoxy) is 1. The Balaban J connectivity index is 1.40. The van der Waals surface area contributed by atoms with E-state index in [4.69, 9.17) is 4.74 Å². The van der Waals surface area contributed by atoms with Crippen molar-refractivity contribution < 1.29 is 27.1 Å². The number of benzene rings is 2. The summed E-state index contributed by atoms with van der Waals surface area (Å²) in [4.78, 5) is 24.1. The quantitative estimate of drug-likeness (QED) is 0.677. The molecule has 1 N–H and O–H groups in total. The molecular formula is C19H19FN2O5S. The maximum Gasteiger partial charge on any atom is 0.269 e. The summed E-state index contributed by atoms with van der Waals surface area (Å²) in [5.41, 5.74) is 0.157. The minimum Gasteiger partial charge on any atom is -0.492 e. The van der Waals surface area contributed by atoms with Crippen molar-refractivity contribution in [1.82, 2.24) is 9.62 Å². The van der Waals surface area contributed by atoms with Crippen LogP contribution in [0.25, 0.3) is 0 Å². The summed E-state index contributed by atoms with van der Waals surface area (Å²) in [7, 11) is -3.84. The van der Waals surface area contributed by atoms with E-state index < -0.39 is 15.9 Å². The van der Waals surface area contributed by atoms with Crippen LogP contribution in [-0.2, 0) is 14.8 Å². The van der Waals surface area contributed by atoms with Crippen molar-refractivity contribution in [1.29, 1.82) is 0 Å². The standard InChI is InChI=1S/C19H19FN2O5S/c20-14-7-9-15(10-8-14)27-13-11-21-18(23)6-3-12-22-19(24)16-4-1-2-5-17(16)28(22,25)26/h1-2,4-5,7-10H,3,6,11-13H2,(H,21,23). The van der Waals surface area contributed by atoms with Crippen LogP contribution in [0.2, 0.25) is 0 Å². The molecule has 28 heavy (non-hydrogen) atoms. The van der Waals surface area contributed by atoms with Gasteiger partial charge in [-0.3, -0.25) is 9.59 Å². The number of rotatable bonds is 8. The van der Waals surface area contributed by atoms with Gasteiger partial charge >= 0.3 is 0 Å². The fourth-order valence-corrected chi connectivity index (χ4v) is 4.42. The Morgan fingerprint density at radius 2 is 1.82 bits per heavy atom. The summed E-state index contributed by atoms with van der Waals surface area (Å²) >= 11 is 0. The lowest BCUT2D eigenvalue weighted by Gasteiger charge is -2.14. The number of carbonyl (C=O) groups excluding carboxylic acids is 2. The number of nitrogens with zero attached hydrogens (tertiary/aromatic N) is 1. The number of nitrogens with one attached hydrogen (secondary N) is 1. The summed E-state index contributed by atoms with van der Waals surface area (Å²) in [6, 6.07) is 11.6.